The molecule has 2 aromatic carbocycles. The summed E-state index contributed by atoms with van der Waals surface area (Å²) in [6.45, 7) is 4.14. The molecule has 0 spiro atoms. The number of rotatable bonds is 9. The van der Waals surface area contributed by atoms with Crippen molar-refractivity contribution in [2.45, 2.75) is 38.3 Å². The zero-order valence-electron chi connectivity index (χ0n) is 19.3. The first-order valence-electron chi connectivity index (χ1n) is 11.2. The highest BCUT2D eigenvalue weighted by molar-refractivity contribution is 5.98. The summed E-state index contributed by atoms with van der Waals surface area (Å²) in [4.78, 5) is 29.3. The highest BCUT2D eigenvalue weighted by atomic mass is 16.5. The fourth-order valence-electron chi connectivity index (χ4n) is 3.93. The molecule has 0 heterocycles. The van der Waals surface area contributed by atoms with Crippen molar-refractivity contribution in [2.75, 3.05) is 14.2 Å². The number of amides is 2. The highest BCUT2D eigenvalue weighted by Gasteiger charge is 2.18. The average Bonchev–Trinajstić information content (AvgIpc) is 3.36. The predicted octanol–water partition coefficient (Wildman–Crippen LogP) is 4.57. The molecule has 2 amide bonds. The molecule has 1 aliphatic rings. The Kier molecular flexibility index (Phi) is 8.58. The van der Waals surface area contributed by atoms with Gasteiger partial charge in [0.05, 0.1) is 12.7 Å². The average molecular weight is 446 g/mol. The number of benzene rings is 2. The molecule has 0 unspecified atom stereocenters. The maximum absolute atomic E-state index is 12.8. The lowest BCUT2D eigenvalue weighted by Gasteiger charge is -2.13. The van der Waals surface area contributed by atoms with Crippen molar-refractivity contribution in [2.24, 2.45) is 4.99 Å². The lowest BCUT2D eigenvalue weighted by molar-refractivity contribution is 0.0935. The minimum Gasteiger partial charge on any atom is -0.496 e. The van der Waals surface area contributed by atoms with Crippen LogP contribution in [-0.4, -0.2) is 38.2 Å². The van der Waals surface area contributed by atoms with Crippen LogP contribution < -0.4 is 15.4 Å². The zero-order chi connectivity index (χ0) is 23.6. The number of carbonyl (C=O) groups excluding carboxylic acids is 2. The van der Waals surface area contributed by atoms with Gasteiger partial charge in [-0.1, -0.05) is 43.7 Å². The van der Waals surface area contributed by atoms with Gasteiger partial charge in [-0.2, -0.15) is 0 Å². The van der Waals surface area contributed by atoms with E-state index in [1.54, 1.807) is 37.5 Å². The number of methoxy groups -OCH3 is 1. The van der Waals surface area contributed by atoms with E-state index >= 15 is 0 Å². The Morgan fingerprint density at radius 3 is 2.61 bits per heavy atom. The second-order valence-electron chi connectivity index (χ2n) is 7.99. The van der Waals surface area contributed by atoms with Crippen LogP contribution in [0.1, 0.15) is 57.5 Å². The molecule has 1 saturated carbocycles. The van der Waals surface area contributed by atoms with Gasteiger partial charge in [0.25, 0.3) is 11.8 Å². The van der Waals surface area contributed by atoms with Crippen LogP contribution in [0.25, 0.3) is 5.57 Å². The third-order valence-corrected chi connectivity index (χ3v) is 5.74. The van der Waals surface area contributed by atoms with E-state index < -0.39 is 0 Å². The van der Waals surface area contributed by atoms with Crippen LogP contribution in [0.5, 0.6) is 5.75 Å². The fraction of sp³-hybridized carbons (Fsp3) is 0.296. The summed E-state index contributed by atoms with van der Waals surface area (Å²) in [5.41, 5.74) is 3.64. The Morgan fingerprint density at radius 1 is 1.12 bits per heavy atom. The monoisotopic (exact) mass is 445 g/mol. The first-order valence-corrected chi connectivity index (χ1v) is 11.2. The van der Waals surface area contributed by atoms with Crippen LogP contribution >= 0.6 is 0 Å². The van der Waals surface area contributed by atoms with Crippen LogP contribution in [0, 0.1) is 0 Å². The number of nitrogens with one attached hydrogen (secondary N) is 2. The van der Waals surface area contributed by atoms with Gasteiger partial charge >= 0.3 is 0 Å². The van der Waals surface area contributed by atoms with Gasteiger partial charge in [-0.05, 0) is 59.9 Å². The molecule has 0 saturated heterocycles. The Balaban J connectivity index is 1.68. The molecule has 0 aromatic heterocycles. The number of hydrogen-bond donors (Lipinski definition) is 2. The second kappa shape index (κ2) is 11.8. The van der Waals surface area contributed by atoms with Gasteiger partial charge < -0.3 is 15.4 Å². The smallest absolute Gasteiger partial charge is 0.255 e. The molecular weight excluding hydrogens is 414 g/mol. The molecule has 1 aliphatic carbocycles. The summed E-state index contributed by atoms with van der Waals surface area (Å²) in [5.74, 6) is 0.154. The number of aliphatic imine (C=N–C) groups is 1. The molecular formula is C27H31N3O3. The first-order chi connectivity index (χ1) is 16.0. The number of nitrogens with zero attached hydrogens (tertiary/aromatic N) is 1. The van der Waals surface area contributed by atoms with Crippen LogP contribution in [-0.2, 0) is 6.54 Å². The maximum atomic E-state index is 12.8. The minimum atomic E-state index is -0.251. The van der Waals surface area contributed by atoms with Crippen molar-refractivity contribution >= 4 is 23.6 Å². The fourth-order valence-corrected chi connectivity index (χ4v) is 3.93. The summed E-state index contributed by atoms with van der Waals surface area (Å²) in [7, 11) is 3.23. The van der Waals surface area contributed by atoms with Crippen molar-refractivity contribution in [3.05, 3.63) is 83.4 Å². The summed E-state index contributed by atoms with van der Waals surface area (Å²) < 4.78 is 5.46. The van der Waals surface area contributed by atoms with E-state index in [1.807, 2.05) is 30.3 Å². The quantitative estimate of drug-likeness (QED) is 0.438. The number of hydrogen-bond acceptors (Lipinski definition) is 4. The Hall–Kier alpha value is -3.67. The first kappa shape index (κ1) is 24.0. The highest BCUT2D eigenvalue weighted by Crippen LogP contribution is 2.25. The Labute approximate surface area is 195 Å². The number of ether oxygens (including phenoxy) is 1. The van der Waals surface area contributed by atoms with Gasteiger partial charge in [-0.25, -0.2) is 0 Å². The van der Waals surface area contributed by atoms with Crippen molar-refractivity contribution in [3.63, 3.8) is 0 Å². The molecule has 6 heteroatoms. The van der Waals surface area contributed by atoms with Crippen LogP contribution in [0.4, 0.5) is 0 Å². The van der Waals surface area contributed by atoms with Crippen LogP contribution in [0.15, 0.2) is 66.2 Å². The van der Waals surface area contributed by atoms with E-state index in [2.05, 4.69) is 22.2 Å². The summed E-state index contributed by atoms with van der Waals surface area (Å²) in [6, 6.07) is 13.0. The maximum Gasteiger partial charge on any atom is 0.255 e. The van der Waals surface area contributed by atoms with E-state index in [1.165, 1.54) is 20.0 Å². The molecule has 6 nitrogen and oxygen atoms in total. The molecule has 33 heavy (non-hydrogen) atoms. The lowest BCUT2D eigenvalue weighted by Crippen LogP contribution is -2.32. The van der Waals surface area contributed by atoms with E-state index in [4.69, 9.17) is 4.74 Å². The predicted molar refractivity (Wildman–Crippen MR) is 133 cm³/mol. The molecule has 0 radical (unpaired) electrons. The van der Waals surface area contributed by atoms with Gasteiger partial charge in [0.15, 0.2) is 0 Å². The molecule has 3 rings (SSSR count). The SMILES string of the molecule is C=C/C(=C\C=NC)c1ccc(C(=O)NCc2cccc(C(=O)NC3CCCC3)c2)c(OC)c1. The second-order valence-corrected chi connectivity index (χ2v) is 7.99. The molecule has 2 aromatic rings. The molecule has 172 valence electrons. The molecule has 0 bridgehead atoms. The lowest BCUT2D eigenvalue weighted by atomic mass is 10.0. The van der Waals surface area contributed by atoms with Crippen LogP contribution in [0.3, 0.4) is 0 Å². The zero-order valence-corrected chi connectivity index (χ0v) is 19.3. The number of allylic oxidation sites excluding steroid dienone is 3. The minimum absolute atomic E-state index is 0.0634. The Morgan fingerprint density at radius 2 is 1.91 bits per heavy atom. The Bertz CT molecular complexity index is 1070. The van der Waals surface area contributed by atoms with Crippen LogP contribution in [0.2, 0.25) is 0 Å². The summed E-state index contributed by atoms with van der Waals surface area (Å²) >= 11 is 0. The standard InChI is InChI=1S/C27H31N3O3/c1-4-20(14-15-28-2)21-12-13-24(25(17-21)33-3)27(32)29-18-19-8-7-9-22(16-19)26(31)30-23-10-5-6-11-23/h4,7-9,12-17,23H,1,5-6,10-11,18H2,2-3H3,(H,29,32)(H,30,31)/b20-14+,28-15?. The normalized spacial score (nSPS) is 14.3. The molecule has 0 aliphatic heterocycles. The van der Waals surface area contributed by atoms with E-state index in [0.717, 1.165) is 29.5 Å². The van der Waals surface area contributed by atoms with E-state index in [9.17, 15) is 9.59 Å². The van der Waals surface area contributed by atoms with Crippen molar-refractivity contribution in [1.82, 2.24) is 10.6 Å². The molecule has 0 atom stereocenters. The van der Waals surface area contributed by atoms with Gasteiger partial charge in [-0.3, -0.25) is 14.6 Å². The third-order valence-electron chi connectivity index (χ3n) is 5.74. The van der Waals surface area contributed by atoms with Crippen molar-refractivity contribution in [3.8, 4) is 5.75 Å². The van der Waals surface area contributed by atoms with Gasteiger partial charge in [0.2, 0.25) is 0 Å². The van der Waals surface area contributed by atoms with E-state index in [0.29, 0.717) is 23.4 Å². The van der Waals surface area contributed by atoms with E-state index in [-0.39, 0.29) is 17.9 Å². The molecule has 1 fully saturated rings. The van der Waals surface area contributed by atoms with Crippen molar-refractivity contribution in [1.29, 1.82) is 0 Å². The molecule has 2 N–H and O–H groups in total. The van der Waals surface area contributed by atoms with Gasteiger partial charge in [0.1, 0.15) is 5.75 Å². The topological polar surface area (TPSA) is 79.8 Å². The van der Waals surface area contributed by atoms with Gasteiger partial charge in [-0.15, -0.1) is 0 Å². The summed E-state index contributed by atoms with van der Waals surface area (Å²) in [5, 5.41) is 6.02. The largest absolute Gasteiger partial charge is 0.496 e. The van der Waals surface area contributed by atoms with Crippen molar-refractivity contribution < 1.29 is 14.3 Å². The number of carbonyl (C=O) groups is 2. The summed E-state index contributed by atoms with van der Waals surface area (Å²) in [6.07, 6.45) is 9.67. The van der Waals surface area contributed by atoms with Gasteiger partial charge in [0, 0.05) is 31.4 Å². The third kappa shape index (κ3) is 6.42.